The predicted molar refractivity (Wildman–Crippen MR) is 165 cm³/mol. The molecule has 4 atom stereocenters. The summed E-state index contributed by atoms with van der Waals surface area (Å²) in [5.41, 5.74) is 3.25. The number of hydrogen-bond acceptors (Lipinski definition) is 5. The fourth-order valence-electron chi connectivity index (χ4n) is 8.42. The molecular weight excluding hydrogens is 587 g/mol. The number of imidazole rings is 1. The smallest absolute Gasteiger partial charge is 0.319 e. The fourth-order valence-corrected chi connectivity index (χ4v) is 8.74. The zero-order chi connectivity index (χ0) is 29.7. The standard InChI is InChI=1S/C33H38Cl2N4O4/c1-19-27(16-39-18-36-29(34)30(39)35)42-31(43-28(19)24-7-5-20(17-40)6-8-24)25-3-2-4-26(12-25)37-32(41)38-33-13-21-9-22(14-33)11-23(10-21)15-33/h2-8,12,18-19,21-23,27-28,31,40H,9-11,13-17H2,1H3,(H2,37,38,41). The molecule has 2 aromatic carbocycles. The average Bonchev–Trinajstić information content (AvgIpc) is 3.29. The number of nitrogens with zero attached hydrogens (tertiary/aromatic N) is 2. The minimum absolute atomic E-state index is 0.0220. The lowest BCUT2D eigenvalue weighted by Crippen LogP contribution is -2.60. The molecule has 8 nitrogen and oxygen atoms in total. The molecule has 5 fully saturated rings. The number of hydrogen-bond donors (Lipinski definition) is 3. The third-order valence-corrected chi connectivity index (χ3v) is 10.8. The van der Waals surface area contributed by atoms with E-state index in [0.29, 0.717) is 17.4 Å². The number of aliphatic hydroxyl groups is 1. The zero-order valence-electron chi connectivity index (χ0n) is 24.2. The van der Waals surface area contributed by atoms with Gasteiger partial charge in [0, 0.05) is 22.7 Å². The van der Waals surface area contributed by atoms with Crippen molar-refractivity contribution in [3.8, 4) is 0 Å². The number of carbonyl (C=O) groups is 1. The van der Waals surface area contributed by atoms with Crippen LogP contribution in [0.2, 0.25) is 10.3 Å². The highest BCUT2D eigenvalue weighted by Crippen LogP contribution is 2.55. The van der Waals surface area contributed by atoms with Crippen molar-refractivity contribution in [1.29, 1.82) is 0 Å². The summed E-state index contributed by atoms with van der Waals surface area (Å²) in [6.07, 6.45) is 7.66. The van der Waals surface area contributed by atoms with E-state index in [1.54, 1.807) is 10.9 Å². The molecule has 10 heteroatoms. The van der Waals surface area contributed by atoms with Crippen LogP contribution in [-0.4, -0.2) is 32.3 Å². The zero-order valence-corrected chi connectivity index (χ0v) is 25.7. The minimum Gasteiger partial charge on any atom is -0.392 e. The van der Waals surface area contributed by atoms with Crippen molar-refractivity contribution in [3.63, 3.8) is 0 Å². The first-order chi connectivity index (χ1) is 20.8. The van der Waals surface area contributed by atoms with E-state index >= 15 is 0 Å². The Kier molecular flexibility index (Phi) is 7.93. The molecule has 4 unspecified atom stereocenters. The third kappa shape index (κ3) is 5.92. The molecule has 3 N–H and O–H groups in total. The minimum atomic E-state index is -0.686. The highest BCUT2D eigenvalue weighted by molar-refractivity contribution is 6.40. The summed E-state index contributed by atoms with van der Waals surface area (Å²) in [5.74, 6) is 2.23. The van der Waals surface area contributed by atoms with Gasteiger partial charge in [0.1, 0.15) is 5.15 Å². The number of benzene rings is 2. The van der Waals surface area contributed by atoms with Gasteiger partial charge < -0.3 is 29.8 Å². The number of carbonyl (C=O) groups excluding carboxylic acids is 1. The summed E-state index contributed by atoms with van der Waals surface area (Å²) in [6, 6.07) is 15.3. The van der Waals surface area contributed by atoms with Crippen LogP contribution in [-0.2, 0) is 22.6 Å². The van der Waals surface area contributed by atoms with Crippen LogP contribution in [0.15, 0.2) is 54.9 Å². The number of urea groups is 1. The molecule has 228 valence electrons. The van der Waals surface area contributed by atoms with E-state index in [2.05, 4.69) is 22.5 Å². The first kappa shape index (κ1) is 29.1. The van der Waals surface area contributed by atoms with Crippen molar-refractivity contribution in [1.82, 2.24) is 14.9 Å². The Morgan fingerprint density at radius 3 is 2.35 bits per heavy atom. The van der Waals surface area contributed by atoms with Gasteiger partial charge in [-0.1, -0.05) is 66.5 Å². The molecule has 1 aromatic heterocycles. The first-order valence-electron chi connectivity index (χ1n) is 15.3. The third-order valence-electron chi connectivity index (χ3n) is 10.1. The van der Waals surface area contributed by atoms with Gasteiger partial charge in [0.25, 0.3) is 0 Å². The quantitative estimate of drug-likeness (QED) is 0.257. The molecule has 1 aliphatic heterocycles. The molecule has 4 aliphatic carbocycles. The van der Waals surface area contributed by atoms with Crippen LogP contribution in [0, 0.1) is 23.7 Å². The van der Waals surface area contributed by atoms with Gasteiger partial charge in [-0.25, -0.2) is 9.78 Å². The molecule has 0 radical (unpaired) electrons. The number of rotatable bonds is 7. The molecule has 5 aliphatic rings. The van der Waals surface area contributed by atoms with Gasteiger partial charge in [-0.2, -0.15) is 0 Å². The summed E-state index contributed by atoms with van der Waals surface area (Å²) < 4.78 is 14.9. The molecule has 43 heavy (non-hydrogen) atoms. The van der Waals surface area contributed by atoms with Crippen LogP contribution in [0.4, 0.5) is 10.5 Å². The van der Waals surface area contributed by atoms with Gasteiger partial charge >= 0.3 is 6.03 Å². The lowest BCUT2D eigenvalue weighted by Gasteiger charge is -2.56. The van der Waals surface area contributed by atoms with E-state index in [1.807, 2.05) is 48.5 Å². The monoisotopic (exact) mass is 624 g/mol. The van der Waals surface area contributed by atoms with Gasteiger partial charge in [-0.05, 0) is 79.5 Å². The lowest BCUT2D eigenvalue weighted by atomic mass is 9.53. The van der Waals surface area contributed by atoms with Gasteiger partial charge in [0.2, 0.25) is 0 Å². The second-order valence-corrected chi connectivity index (χ2v) is 13.9. The van der Waals surface area contributed by atoms with E-state index in [4.69, 9.17) is 32.7 Å². The summed E-state index contributed by atoms with van der Waals surface area (Å²) >= 11 is 12.5. The van der Waals surface area contributed by atoms with Crippen molar-refractivity contribution in [2.24, 2.45) is 23.7 Å². The number of nitrogens with one attached hydrogen (secondary N) is 2. The Hall–Kier alpha value is -2.62. The van der Waals surface area contributed by atoms with Crippen molar-refractivity contribution >= 4 is 34.9 Å². The van der Waals surface area contributed by atoms with Crippen molar-refractivity contribution in [2.75, 3.05) is 5.32 Å². The number of halogens is 2. The number of amides is 2. The molecular formula is C33H38Cl2N4O4. The predicted octanol–water partition coefficient (Wildman–Crippen LogP) is 7.26. The number of anilines is 1. The molecule has 0 spiro atoms. The topological polar surface area (TPSA) is 97.6 Å². The second kappa shape index (κ2) is 11.7. The molecule has 3 aromatic rings. The van der Waals surface area contributed by atoms with Crippen LogP contribution in [0.25, 0.3) is 0 Å². The summed E-state index contributed by atoms with van der Waals surface area (Å²) in [4.78, 5) is 17.4. The molecule has 2 amide bonds. The first-order valence-corrected chi connectivity index (χ1v) is 16.1. The summed E-state index contributed by atoms with van der Waals surface area (Å²) in [5, 5.41) is 16.6. The van der Waals surface area contributed by atoms with Crippen LogP contribution in [0.3, 0.4) is 0 Å². The Balaban J connectivity index is 1.10. The van der Waals surface area contributed by atoms with E-state index in [9.17, 15) is 9.90 Å². The number of ether oxygens (including phenoxy) is 2. The highest BCUT2D eigenvalue weighted by atomic mass is 35.5. The largest absolute Gasteiger partial charge is 0.392 e. The number of aliphatic hydroxyl groups excluding tert-OH is 1. The maximum Gasteiger partial charge on any atom is 0.319 e. The maximum atomic E-state index is 13.3. The Morgan fingerprint density at radius 1 is 1.02 bits per heavy atom. The normalized spacial score (nSPS) is 33.0. The van der Waals surface area contributed by atoms with Crippen molar-refractivity contribution in [3.05, 3.63) is 81.9 Å². The molecule has 4 bridgehead atoms. The summed E-state index contributed by atoms with van der Waals surface area (Å²) in [6.45, 7) is 2.51. The SMILES string of the molecule is CC1C(Cn2cnc(Cl)c2Cl)OC(c2cccc(NC(=O)NC34CC5CC(CC(C5)C3)C4)c2)OC1c1ccc(CO)cc1. The number of aromatic nitrogens is 2. The molecule has 4 saturated carbocycles. The van der Waals surface area contributed by atoms with E-state index in [0.717, 1.165) is 53.7 Å². The maximum absolute atomic E-state index is 13.3. The Morgan fingerprint density at radius 2 is 1.72 bits per heavy atom. The van der Waals surface area contributed by atoms with Crippen LogP contribution in [0.1, 0.15) is 74.5 Å². The highest BCUT2D eigenvalue weighted by Gasteiger charge is 2.51. The van der Waals surface area contributed by atoms with E-state index < -0.39 is 6.29 Å². The van der Waals surface area contributed by atoms with Crippen LogP contribution < -0.4 is 10.6 Å². The molecule has 8 rings (SSSR count). The Labute approximate surface area is 262 Å². The van der Waals surface area contributed by atoms with Gasteiger partial charge in [0.15, 0.2) is 11.4 Å². The van der Waals surface area contributed by atoms with Gasteiger partial charge in [-0.3, -0.25) is 0 Å². The van der Waals surface area contributed by atoms with Gasteiger partial charge in [-0.15, -0.1) is 0 Å². The van der Waals surface area contributed by atoms with E-state index in [-0.39, 0.29) is 41.5 Å². The average molecular weight is 626 g/mol. The molecule has 1 saturated heterocycles. The second-order valence-electron chi connectivity index (χ2n) is 13.2. The van der Waals surface area contributed by atoms with Crippen LogP contribution in [0.5, 0.6) is 0 Å². The van der Waals surface area contributed by atoms with Crippen LogP contribution >= 0.6 is 23.2 Å². The molecule has 2 heterocycles. The Bertz CT molecular complexity index is 1440. The van der Waals surface area contributed by atoms with Gasteiger partial charge in [0.05, 0.1) is 31.7 Å². The fraction of sp³-hybridized carbons (Fsp3) is 0.515. The summed E-state index contributed by atoms with van der Waals surface area (Å²) in [7, 11) is 0. The van der Waals surface area contributed by atoms with Crippen molar-refractivity contribution in [2.45, 2.75) is 82.6 Å². The van der Waals surface area contributed by atoms with Crippen molar-refractivity contribution < 1.29 is 19.4 Å². The lowest BCUT2D eigenvalue weighted by molar-refractivity contribution is -0.276. The van der Waals surface area contributed by atoms with E-state index in [1.165, 1.54) is 19.3 Å².